The van der Waals surface area contributed by atoms with Gasteiger partial charge in [-0.3, -0.25) is 4.98 Å². The molecule has 0 aliphatic rings. The number of halogens is 1. The average molecular weight is 401 g/mol. The maximum atomic E-state index is 12.2. The fourth-order valence-electron chi connectivity index (χ4n) is 2.10. The van der Waals surface area contributed by atoms with Crippen molar-refractivity contribution in [3.8, 4) is 16.9 Å². The number of rotatable bonds is 3. The van der Waals surface area contributed by atoms with E-state index >= 15 is 0 Å². The van der Waals surface area contributed by atoms with Crippen molar-refractivity contribution in [1.29, 1.82) is 0 Å². The molecule has 1 aromatic heterocycles. The first-order chi connectivity index (χ1) is 10.8. The molecule has 0 bridgehead atoms. The van der Waals surface area contributed by atoms with Crippen LogP contribution in [0.25, 0.3) is 11.1 Å². The van der Waals surface area contributed by atoms with E-state index in [9.17, 15) is 4.79 Å². The fourth-order valence-corrected chi connectivity index (χ4v) is 2.78. The lowest BCUT2D eigenvalue weighted by atomic mass is 10.0. The minimum absolute atomic E-state index is 0.411. The first-order valence-corrected chi connectivity index (χ1v) is 7.80. The van der Waals surface area contributed by atoms with Gasteiger partial charge in [-0.25, -0.2) is 4.79 Å². The molecule has 1 heterocycles. The van der Waals surface area contributed by atoms with Crippen LogP contribution in [0.15, 0.2) is 73.1 Å². The molecule has 0 aliphatic carbocycles. The second-order valence-corrected chi connectivity index (χ2v) is 5.77. The molecule has 0 N–H and O–H groups in total. The third-order valence-corrected chi connectivity index (χ3v) is 4.09. The van der Waals surface area contributed by atoms with Crippen molar-refractivity contribution in [2.24, 2.45) is 0 Å². The molecule has 4 heteroatoms. The highest BCUT2D eigenvalue weighted by Gasteiger charge is 2.13. The first-order valence-electron chi connectivity index (χ1n) is 6.72. The molecule has 0 atom stereocenters. The Morgan fingerprint density at radius 3 is 2.36 bits per heavy atom. The molecule has 3 aromatic rings. The topological polar surface area (TPSA) is 39.2 Å². The minimum atomic E-state index is -0.411. The Bertz CT molecular complexity index is 803. The Labute approximate surface area is 142 Å². The van der Waals surface area contributed by atoms with Gasteiger partial charge in [-0.2, -0.15) is 0 Å². The van der Waals surface area contributed by atoms with Crippen LogP contribution in [-0.2, 0) is 0 Å². The number of para-hydroxylation sites is 1. The Morgan fingerprint density at radius 1 is 0.909 bits per heavy atom. The summed E-state index contributed by atoms with van der Waals surface area (Å²) in [4.78, 5) is 16.2. The summed E-state index contributed by atoms with van der Waals surface area (Å²) in [6.07, 6.45) is 3.12. The number of carbonyl (C=O) groups is 1. The van der Waals surface area contributed by atoms with Crippen LogP contribution in [-0.4, -0.2) is 11.0 Å². The molecule has 22 heavy (non-hydrogen) atoms. The van der Waals surface area contributed by atoms with E-state index in [1.807, 2.05) is 42.5 Å². The van der Waals surface area contributed by atoms with Crippen molar-refractivity contribution < 1.29 is 9.53 Å². The van der Waals surface area contributed by atoms with E-state index in [0.717, 1.165) is 14.7 Å². The van der Waals surface area contributed by atoms with E-state index in [-0.39, 0.29) is 0 Å². The van der Waals surface area contributed by atoms with Gasteiger partial charge < -0.3 is 4.74 Å². The zero-order valence-electron chi connectivity index (χ0n) is 11.6. The van der Waals surface area contributed by atoms with Gasteiger partial charge in [0.15, 0.2) is 0 Å². The Morgan fingerprint density at radius 2 is 1.64 bits per heavy atom. The minimum Gasteiger partial charge on any atom is -0.422 e. The summed E-state index contributed by atoms with van der Waals surface area (Å²) in [6, 6.07) is 18.9. The molecule has 3 nitrogen and oxygen atoms in total. The summed E-state index contributed by atoms with van der Waals surface area (Å²) in [5.74, 6) is 0.131. The molecule has 0 amide bonds. The quantitative estimate of drug-likeness (QED) is 0.367. The summed E-state index contributed by atoms with van der Waals surface area (Å²) >= 11 is 2.28. The monoisotopic (exact) mass is 401 g/mol. The van der Waals surface area contributed by atoms with Crippen molar-refractivity contribution in [3.63, 3.8) is 0 Å². The van der Waals surface area contributed by atoms with Gasteiger partial charge in [0, 0.05) is 21.5 Å². The smallest absolute Gasteiger partial charge is 0.345 e. The number of carbonyl (C=O) groups excluding carboxylic acids is 1. The molecular formula is C18H12INO2. The van der Waals surface area contributed by atoms with Crippen LogP contribution >= 0.6 is 22.6 Å². The lowest BCUT2D eigenvalue weighted by molar-refractivity contribution is 0.0735. The molecule has 2 aromatic carbocycles. The van der Waals surface area contributed by atoms with Crippen LogP contribution in [0.5, 0.6) is 5.75 Å². The van der Waals surface area contributed by atoms with Crippen molar-refractivity contribution in [1.82, 2.24) is 4.98 Å². The van der Waals surface area contributed by atoms with Gasteiger partial charge in [0.05, 0.1) is 5.56 Å². The van der Waals surface area contributed by atoms with E-state index in [4.69, 9.17) is 4.74 Å². The fraction of sp³-hybridized carbons (Fsp3) is 0. The average Bonchev–Trinajstić information content (AvgIpc) is 2.57. The van der Waals surface area contributed by atoms with Crippen molar-refractivity contribution >= 4 is 28.6 Å². The van der Waals surface area contributed by atoms with Crippen molar-refractivity contribution in [2.75, 3.05) is 0 Å². The summed E-state index contributed by atoms with van der Waals surface area (Å²) in [6.45, 7) is 0. The number of hydrogen-bond acceptors (Lipinski definition) is 3. The van der Waals surface area contributed by atoms with Crippen LogP contribution in [0.3, 0.4) is 0 Å². The number of aromatic nitrogens is 1. The van der Waals surface area contributed by atoms with E-state index in [2.05, 4.69) is 27.6 Å². The maximum Gasteiger partial charge on any atom is 0.345 e. The van der Waals surface area contributed by atoms with Crippen molar-refractivity contribution in [2.45, 2.75) is 0 Å². The number of hydrogen-bond donors (Lipinski definition) is 0. The van der Waals surface area contributed by atoms with Crippen LogP contribution in [0.4, 0.5) is 0 Å². The SMILES string of the molecule is O=C(Oc1ccccc1-c1ccccc1I)c1cccnc1. The highest BCUT2D eigenvalue weighted by Crippen LogP contribution is 2.33. The molecular weight excluding hydrogens is 389 g/mol. The van der Waals surface area contributed by atoms with Crippen LogP contribution in [0.1, 0.15) is 10.4 Å². The highest BCUT2D eigenvalue weighted by molar-refractivity contribution is 14.1. The zero-order valence-corrected chi connectivity index (χ0v) is 13.7. The first kappa shape index (κ1) is 14.7. The molecule has 0 saturated heterocycles. The van der Waals surface area contributed by atoms with Gasteiger partial charge in [-0.15, -0.1) is 0 Å². The second-order valence-electron chi connectivity index (χ2n) is 4.61. The Balaban J connectivity index is 1.96. The molecule has 3 rings (SSSR count). The number of esters is 1. The molecule has 0 radical (unpaired) electrons. The summed E-state index contributed by atoms with van der Waals surface area (Å²) in [5, 5.41) is 0. The standard InChI is InChI=1S/C18H12INO2/c19-16-9-3-1-7-14(16)15-8-2-4-10-17(15)22-18(21)13-6-5-11-20-12-13/h1-12H. The number of nitrogens with zero attached hydrogens (tertiary/aromatic N) is 1. The molecule has 0 unspecified atom stereocenters. The lowest BCUT2D eigenvalue weighted by Gasteiger charge is -2.11. The third kappa shape index (κ3) is 3.17. The molecule has 108 valence electrons. The maximum absolute atomic E-state index is 12.2. The van der Waals surface area contributed by atoms with Gasteiger partial charge in [0.25, 0.3) is 0 Å². The van der Waals surface area contributed by atoms with E-state index in [1.165, 1.54) is 6.20 Å². The van der Waals surface area contributed by atoms with Crippen molar-refractivity contribution in [3.05, 3.63) is 82.2 Å². The summed E-state index contributed by atoms with van der Waals surface area (Å²) in [5.41, 5.74) is 2.36. The van der Waals surface area contributed by atoms with Crippen LogP contribution in [0.2, 0.25) is 0 Å². The summed E-state index contributed by atoms with van der Waals surface area (Å²) in [7, 11) is 0. The predicted molar refractivity (Wildman–Crippen MR) is 93.8 cm³/mol. The van der Waals surface area contributed by atoms with Crippen LogP contribution < -0.4 is 4.74 Å². The van der Waals surface area contributed by atoms with Crippen LogP contribution in [0, 0.1) is 3.57 Å². The normalized spacial score (nSPS) is 10.2. The van der Waals surface area contributed by atoms with Gasteiger partial charge in [0.1, 0.15) is 5.75 Å². The molecule has 0 saturated carbocycles. The number of ether oxygens (including phenoxy) is 1. The summed E-state index contributed by atoms with van der Waals surface area (Å²) < 4.78 is 6.66. The predicted octanol–water partition coefficient (Wildman–Crippen LogP) is 4.57. The highest BCUT2D eigenvalue weighted by atomic mass is 127. The molecule has 0 fully saturated rings. The van der Waals surface area contributed by atoms with Gasteiger partial charge in [-0.05, 0) is 52.4 Å². The Kier molecular flexibility index (Phi) is 4.48. The zero-order chi connectivity index (χ0) is 15.4. The molecule has 0 aliphatic heterocycles. The molecule has 0 spiro atoms. The second kappa shape index (κ2) is 6.70. The largest absolute Gasteiger partial charge is 0.422 e. The van der Waals surface area contributed by atoms with Gasteiger partial charge in [0.2, 0.25) is 0 Å². The van der Waals surface area contributed by atoms with E-state index in [0.29, 0.717) is 11.3 Å². The Hall–Kier alpha value is -2.21. The number of pyridine rings is 1. The van der Waals surface area contributed by atoms with Gasteiger partial charge in [-0.1, -0.05) is 36.4 Å². The third-order valence-electron chi connectivity index (χ3n) is 3.15. The van der Waals surface area contributed by atoms with E-state index in [1.54, 1.807) is 24.4 Å². The van der Waals surface area contributed by atoms with E-state index < -0.39 is 5.97 Å². The lowest BCUT2D eigenvalue weighted by Crippen LogP contribution is -2.09. The van der Waals surface area contributed by atoms with Gasteiger partial charge >= 0.3 is 5.97 Å². The number of benzene rings is 2.